The van der Waals surface area contributed by atoms with Crippen molar-refractivity contribution in [3.63, 3.8) is 0 Å². The van der Waals surface area contributed by atoms with Crippen molar-refractivity contribution in [3.8, 4) is 0 Å². The number of nitrogens with two attached hydrogens (primary N) is 1. The zero-order valence-electron chi connectivity index (χ0n) is 29.9. The monoisotopic (exact) mass is 685 g/mol. The van der Waals surface area contributed by atoms with Crippen molar-refractivity contribution in [1.29, 1.82) is 0 Å². The third-order valence-electron chi connectivity index (χ3n) is 8.87. The molecule has 0 aromatic heterocycles. The first kappa shape index (κ1) is 41.0. The van der Waals surface area contributed by atoms with E-state index < -0.39 is 77.4 Å². The van der Waals surface area contributed by atoms with Crippen LogP contribution in [0, 0.1) is 17.8 Å². The van der Waals surface area contributed by atoms with E-state index in [4.69, 9.17) is 5.73 Å². The van der Waals surface area contributed by atoms with E-state index in [0.717, 1.165) is 5.56 Å². The Bertz CT molecular complexity index is 1330. The maximum absolute atomic E-state index is 14.4. The second-order valence-corrected chi connectivity index (χ2v) is 13.8. The number of aryl methyl sites for hydroxylation is 1. The van der Waals surface area contributed by atoms with E-state index in [-0.39, 0.29) is 37.6 Å². The second kappa shape index (κ2) is 19.2. The van der Waals surface area contributed by atoms with E-state index in [1.54, 1.807) is 48.5 Å². The molecule has 0 bridgehead atoms. The van der Waals surface area contributed by atoms with Gasteiger partial charge >= 0.3 is 5.97 Å². The standard InChI is InChI=1S/C36H55N5O8/c1-8-14-26(42)34(46)41(31(28(37)21(2)3)32(44)39-30(23(6)7)36(48)49)33(45)25-18-13-20-40(25)35(47)29(22(4)5)38-27(43)19-12-17-24-15-10-9-11-16-24/h9-11,15-16,21-23,25,28-31H,8,12-14,17-20,37H2,1-7H3,(H,38,43)(H,39,44)(H,48,49)/t25-,28?,29-,30-,31+/m0/s1. The zero-order chi connectivity index (χ0) is 37.0. The number of aliphatic carboxylic acids is 1. The molecule has 1 unspecified atom stereocenters. The number of carboxylic acid groups (broad SMARTS) is 1. The highest BCUT2D eigenvalue weighted by Gasteiger charge is 2.48. The Labute approximate surface area is 289 Å². The molecule has 0 spiro atoms. The molecule has 2 rings (SSSR count). The number of carbonyl (C=O) groups is 7. The number of nitrogens with one attached hydrogen (secondary N) is 2. The summed E-state index contributed by atoms with van der Waals surface area (Å²) in [7, 11) is 0. The number of ketones is 1. The lowest BCUT2D eigenvalue weighted by atomic mass is 9.93. The van der Waals surface area contributed by atoms with Gasteiger partial charge in [0, 0.05) is 25.4 Å². The maximum atomic E-state index is 14.4. The molecule has 272 valence electrons. The molecular weight excluding hydrogens is 630 g/mol. The van der Waals surface area contributed by atoms with Gasteiger partial charge in [0.05, 0.1) is 0 Å². The summed E-state index contributed by atoms with van der Waals surface area (Å²) in [5.74, 6) is -7.64. The lowest BCUT2D eigenvalue weighted by Gasteiger charge is -2.38. The minimum atomic E-state index is -1.73. The number of rotatable bonds is 18. The molecule has 1 aromatic carbocycles. The molecule has 1 aromatic rings. The fourth-order valence-electron chi connectivity index (χ4n) is 5.90. The summed E-state index contributed by atoms with van der Waals surface area (Å²) in [5.41, 5.74) is 7.55. The van der Waals surface area contributed by atoms with Crippen LogP contribution in [-0.2, 0) is 40.0 Å². The largest absolute Gasteiger partial charge is 0.480 e. The SMILES string of the molecule is CCCC(=O)C(=O)N(C(=O)[C@@H]1CCCN1C(=O)[C@@H](NC(=O)CCCc1ccccc1)C(C)C)[C@@H](C(=O)N[C@H](C(=O)O)C(C)C)C(N)C(C)C. The number of amides is 5. The van der Waals surface area contributed by atoms with Crippen LogP contribution >= 0.6 is 0 Å². The fraction of sp³-hybridized carbons (Fsp3) is 0.639. The summed E-state index contributed by atoms with van der Waals surface area (Å²) in [6.07, 6.45) is 2.08. The minimum Gasteiger partial charge on any atom is -0.480 e. The average molecular weight is 686 g/mol. The summed E-state index contributed by atoms with van der Waals surface area (Å²) in [5, 5.41) is 15.0. The van der Waals surface area contributed by atoms with Gasteiger partial charge in [0.25, 0.3) is 11.8 Å². The number of hydrogen-bond donors (Lipinski definition) is 4. The smallest absolute Gasteiger partial charge is 0.326 e. The van der Waals surface area contributed by atoms with Crippen LogP contribution in [0.1, 0.15) is 92.6 Å². The quantitative estimate of drug-likeness (QED) is 0.168. The van der Waals surface area contributed by atoms with E-state index in [9.17, 15) is 38.7 Å². The highest BCUT2D eigenvalue weighted by molar-refractivity contribution is 6.39. The Morgan fingerprint density at radius 3 is 2.04 bits per heavy atom. The molecule has 1 aliphatic heterocycles. The molecule has 5 amide bonds. The summed E-state index contributed by atoms with van der Waals surface area (Å²) in [6.45, 7) is 11.9. The molecule has 0 radical (unpaired) electrons. The molecule has 1 aliphatic rings. The van der Waals surface area contributed by atoms with Gasteiger partial charge in [-0.05, 0) is 55.4 Å². The third kappa shape index (κ3) is 11.2. The fourth-order valence-corrected chi connectivity index (χ4v) is 5.90. The Balaban J connectivity index is 2.43. The number of carboxylic acids is 1. The van der Waals surface area contributed by atoms with Crippen LogP contribution in [0.2, 0.25) is 0 Å². The molecule has 13 nitrogen and oxygen atoms in total. The molecule has 1 heterocycles. The highest BCUT2D eigenvalue weighted by atomic mass is 16.4. The first-order chi connectivity index (χ1) is 23.0. The lowest BCUT2D eigenvalue weighted by Crippen LogP contribution is -2.66. The molecule has 1 fully saturated rings. The third-order valence-corrected chi connectivity index (χ3v) is 8.87. The summed E-state index contributed by atoms with van der Waals surface area (Å²) in [4.78, 5) is 95.9. The second-order valence-electron chi connectivity index (χ2n) is 13.8. The lowest BCUT2D eigenvalue weighted by molar-refractivity contribution is -0.161. The molecular formula is C36H55N5O8. The van der Waals surface area contributed by atoms with Crippen molar-refractivity contribution >= 4 is 41.3 Å². The normalized spacial score (nSPS) is 17.0. The average Bonchev–Trinajstić information content (AvgIpc) is 3.54. The molecule has 0 saturated carbocycles. The number of carbonyl (C=O) groups excluding carboxylic acids is 6. The number of imide groups is 1. The number of benzene rings is 1. The van der Waals surface area contributed by atoms with Gasteiger partial charge in [-0.1, -0.05) is 78.8 Å². The Morgan fingerprint density at radius 1 is 0.898 bits per heavy atom. The van der Waals surface area contributed by atoms with Gasteiger partial charge < -0.3 is 26.4 Å². The summed E-state index contributed by atoms with van der Waals surface area (Å²) >= 11 is 0. The van der Waals surface area contributed by atoms with Crippen LogP contribution in [0.5, 0.6) is 0 Å². The molecule has 5 atom stereocenters. The van der Waals surface area contributed by atoms with Crippen LogP contribution in [-0.4, -0.2) is 92.9 Å². The Kier molecular flexibility index (Phi) is 16.0. The van der Waals surface area contributed by atoms with Crippen molar-refractivity contribution in [2.75, 3.05) is 6.54 Å². The Hall–Kier alpha value is -4.13. The Morgan fingerprint density at radius 2 is 1.51 bits per heavy atom. The zero-order valence-corrected chi connectivity index (χ0v) is 29.9. The van der Waals surface area contributed by atoms with Gasteiger partial charge in [-0.15, -0.1) is 0 Å². The number of likely N-dealkylation sites (tertiary alicyclic amines) is 1. The first-order valence-electron chi connectivity index (χ1n) is 17.4. The van der Waals surface area contributed by atoms with Crippen molar-refractivity contribution in [1.82, 2.24) is 20.4 Å². The molecule has 13 heteroatoms. The number of hydrogen-bond acceptors (Lipinski definition) is 8. The van der Waals surface area contributed by atoms with Gasteiger partial charge in [-0.2, -0.15) is 0 Å². The van der Waals surface area contributed by atoms with E-state index in [1.165, 1.54) is 4.90 Å². The van der Waals surface area contributed by atoms with Crippen LogP contribution in [0.4, 0.5) is 0 Å². The van der Waals surface area contributed by atoms with Crippen molar-refractivity contribution in [3.05, 3.63) is 35.9 Å². The van der Waals surface area contributed by atoms with E-state index >= 15 is 0 Å². The minimum absolute atomic E-state index is 0.140. The van der Waals surface area contributed by atoms with Gasteiger partial charge in [0.15, 0.2) is 0 Å². The van der Waals surface area contributed by atoms with Crippen LogP contribution < -0.4 is 16.4 Å². The number of Topliss-reactive ketones (excluding diaryl/α,β-unsaturated/α-hetero) is 1. The van der Waals surface area contributed by atoms with E-state index in [0.29, 0.717) is 30.6 Å². The predicted molar refractivity (Wildman–Crippen MR) is 184 cm³/mol. The van der Waals surface area contributed by atoms with Crippen molar-refractivity contribution in [2.24, 2.45) is 23.5 Å². The van der Waals surface area contributed by atoms with Crippen molar-refractivity contribution in [2.45, 2.75) is 124 Å². The maximum Gasteiger partial charge on any atom is 0.326 e. The molecule has 49 heavy (non-hydrogen) atoms. The predicted octanol–water partition coefficient (Wildman–Crippen LogP) is 2.44. The van der Waals surface area contributed by atoms with Crippen LogP contribution in [0.15, 0.2) is 30.3 Å². The molecule has 0 aliphatic carbocycles. The van der Waals surface area contributed by atoms with E-state index in [2.05, 4.69) is 10.6 Å². The van der Waals surface area contributed by atoms with Crippen LogP contribution in [0.25, 0.3) is 0 Å². The number of nitrogens with zero attached hydrogens (tertiary/aromatic N) is 2. The summed E-state index contributed by atoms with van der Waals surface area (Å²) < 4.78 is 0. The molecule has 5 N–H and O–H groups in total. The van der Waals surface area contributed by atoms with Crippen molar-refractivity contribution < 1.29 is 38.7 Å². The van der Waals surface area contributed by atoms with E-state index in [1.807, 2.05) is 30.3 Å². The van der Waals surface area contributed by atoms with Gasteiger partial charge in [0.1, 0.15) is 24.2 Å². The topological polar surface area (TPSA) is 196 Å². The first-order valence-corrected chi connectivity index (χ1v) is 17.4. The van der Waals surface area contributed by atoms with Crippen LogP contribution in [0.3, 0.4) is 0 Å². The molecule has 1 saturated heterocycles. The van der Waals surface area contributed by atoms with Gasteiger partial charge in [-0.25, -0.2) is 4.79 Å². The van der Waals surface area contributed by atoms with Gasteiger partial charge in [-0.3, -0.25) is 33.7 Å². The highest BCUT2D eigenvalue weighted by Crippen LogP contribution is 2.25. The van der Waals surface area contributed by atoms with Gasteiger partial charge in [0.2, 0.25) is 23.5 Å². The summed E-state index contributed by atoms with van der Waals surface area (Å²) in [6, 6.07) is 3.26.